The van der Waals surface area contributed by atoms with E-state index < -0.39 is 8.18 Å². The van der Waals surface area contributed by atoms with Crippen LogP contribution >= 0.6 is 8.18 Å². The van der Waals surface area contributed by atoms with Crippen molar-refractivity contribution in [3.63, 3.8) is 0 Å². The van der Waals surface area contributed by atoms with E-state index in [2.05, 4.69) is 5.32 Å². The molecule has 0 saturated carbocycles. The zero-order valence-corrected chi connectivity index (χ0v) is 8.21. The minimum absolute atomic E-state index is 0.371. The number of ether oxygens (including phenoxy) is 1. The summed E-state index contributed by atoms with van der Waals surface area (Å²) >= 11 is 0. The molecule has 2 atom stereocenters. The Labute approximate surface area is 72.9 Å². The molecule has 1 heterocycles. The first kappa shape index (κ1) is 10.0. The second-order valence-electron chi connectivity index (χ2n) is 2.69. The zero-order chi connectivity index (χ0) is 8.97. The number of hydrogen-bond acceptors (Lipinski definition) is 4. The van der Waals surface area contributed by atoms with E-state index in [0.29, 0.717) is 13.2 Å². The molecule has 1 fully saturated rings. The number of rotatable bonds is 3. The average molecular weight is 193 g/mol. The molecule has 1 unspecified atom stereocenters. The van der Waals surface area contributed by atoms with Gasteiger partial charge < -0.3 is 10.1 Å². The van der Waals surface area contributed by atoms with E-state index in [-0.39, 0.29) is 6.29 Å². The van der Waals surface area contributed by atoms with E-state index in [1.54, 1.807) is 14.1 Å². The minimum atomic E-state index is -1.74. The normalized spacial score (nSPS) is 25.9. The monoisotopic (exact) mass is 193 g/mol. The standard InChI is InChI=1S/C6H14N2O3P/c1-8(2)12(9)11-6-5-7-3-4-10-6/h6-7H,3-5H2,1-2H3/q+1/t6-/m1/s1. The molecule has 1 aliphatic heterocycles. The van der Waals surface area contributed by atoms with Crippen molar-refractivity contribution >= 4 is 8.18 Å². The van der Waals surface area contributed by atoms with Gasteiger partial charge in [0.25, 0.3) is 0 Å². The molecule has 0 aromatic carbocycles. The van der Waals surface area contributed by atoms with Crippen molar-refractivity contribution in [1.82, 2.24) is 9.99 Å². The Balaban J connectivity index is 2.24. The predicted molar refractivity (Wildman–Crippen MR) is 45.0 cm³/mol. The SMILES string of the molecule is CN(C)[P+](=O)O[C@@H]1CNCCO1. The maximum absolute atomic E-state index is 11.2. The highest BCUT2D eigenvalue weighted by Gasteiger charge is 2.29. The fraction of sp³-hybridized carbons (Fsp3) is 1.00. The first-order valence-corrected chi connectivity index (χ1v) is 4.97. The van der Waals surface area contributed by atoms with Gasteiger partial charge in [0.15, 0.2) is 0 Å². The van der Waals surface area contributed by atoms with Crippen LogP contribution in [0.2, 0.25) is 0 Å². The predicted octanol–water partition coefficient (Wildman–Crippen LogP) is 0.168. The Hall–Kier alpha value is -0.0600. The minimum Gasteiger partial charge on any atom is -0.346 e. The summed E-state index contributed by atoms with van der Waals surface area (Å²) in [6.07, 6.45) is -0.371. The van der Waals surface area contributed by atoms with Gasteiger partial charge in [-0.25, -0.2) is 0 Å². The molecule has 0 aromatic heterocycles. The van der Waals surface area contributed by atoms with Gasteiger partial charge in [-0.15, -0.1) is 0 Å². The molecule has 1 N–H and O–H groups in total. The van der Waals surface area contributed by atoms with Crippen molar-refractivity contribution in [3.8, 4) is 0 Å². The lowest BCUT2D eigenvalue weighted by molar-refractivity contribution is -0.0932. The van der Waals surface area contributed by atoms with E-state index in [4.69, 9.17) is 9.26 Å². The number of hydrogen-bond donors (Lipinski definition) is 1. The van der Waals surface area contributed by atoms with Gasteiger partial charge in [-0.2, -0.15) is 0 Å². The fourth-order valence-corrected chi connectivity index (χ4v) is 1.33. The molecule has 6 heteroatoms. The summed E-state index contributed by atoms with van der Waals surface area (Å²) in [5.74, 6) is 0. The summed E-state index contributed by atoms with van der Waals surface area (Å²) in [7, 11) is 1.66. The molecule has 0 bridgehead atoms. The lowest BCUT2D eigenvalue weighted by atomic mass is 10.5. The van der Waals surface area contributed by atoms with E-state index in [1.165, 1.54) is 4.67 Å². The van der Waals surface area contributed by atoms with Crippen molar-refractivity contribution in [3.05, 3.63) is 0 Å². The first-order chi connectivity index (χ1) is 5.70. The van der Waals surface area contributed by atoms with Gasteiger partial charge in [-0.05, 0) is 4.57 Å². The van der Waals surface area contributed by atoms with E-state index in [0.717, 1.165) is 6.54 Å². The number of nitrogens with zero attached hydrogens (tertiary/aromatic N) is 1. The third-order valence-electron chi connectivity index (χ3n) is 1.43. The molecule has 1 saturated heterocycles. The van der Waals surface area contributed by atoms with Crippen LogP contribution in [0.4, 0.5) is 0 Å². The Kier molecular flexibility index (Phi) is 4.05. The van der Waals surface area contributed by atoms with Crippen LogP contribution in [0.5, 0.6) is 0 Å². The highest BCUT2D eigenvalue weighted by molar-refractivity contribution is 7.36. The summed E-state index contributed by atoms with van der Waals surface area (Å²) in [5.41, 5.74) is 0. The zero-order valence-electron chi connectivity index (χ0n) is 7.32. The lowest BCUT2D eigenvalue weighted by Crippen LogP contribution is -2.39. The van der Waals surface area contributed by atoms with Crippen LogP contribution in [0.25, 0.3) is 0 Å². The number of nitrogens with one attached hydrogen (secondary N) is 1. The summed E-state index contributed by atoms with van der Waals surface area (Å²) < 4.78 is 23.0. The van der Waals surface area contributed by atoms with Crippen LogP contribution in [-0.4, -0.2) is 44.8 Å². The van der Waals surface area contributed by atoms with Crippen LogP contribution in [0, 0.1) is 0 Å². The molecule has 5 nitrogen and oxygen atoms in total. The molecule has 0 spiro atoms. The van der Waals surface area contributed by atoms with Crippen molar-refractivity contribution < 1.29 is 13.8 Å². The second kappa shape index (κ2) is 4.84. The van der Waals surface area contributed by atoms with Crippen molar-refractivity contribution in [1.29, 1.82) is 0 Å². The molecule has 1 rings (SSSR count). The van der Waals surface area contributed by atoms with E-state index >= 15 is 0 Å². The first-order valence-electron chi connectivity index (χ1n) is 3.84. The molecule has 70 valence electrons. The third-order valence-corrected chi connectivity index (χ3v) is 2.50. The molecule has 0 radical (unpaired) electrons. The van der Waals surface area contributed by atoms with Crippen molar-refractivity contribution in [2.45, 2.75) is 6.29 Å². The van der Waals surface area contributed by atoms with Gasteiger partial charge in [-0.3, -0.25) is 0 Å². The van der Waals surface area contributed by atoms with Gasteiger partial charge >= 0.3 is 8.18 Å². The number of morpholine rings is 1. The smallest absolute Gasteiger partial charge is 0.346 e. The molecule has 0 amide bonds. The van der Waals surface area contributed by atoms with Crippen molar-refractivity contribution in [2.75, 3.05) is 33.8 Å². The maximum atomic E-state index is 11.2. The average Bonchev–Trinajstić information content (AvgIpc) is 2.06. The topological polar surface area (TPSA) is 50.8 Å². The Morgan fingerprint density at radius 3 is 2.92 bits per heavy atom. The van der Waals surface area contributed by atoms with Crippen LogP contribution < -0.4 is 5.32 Å². The van der Waals surface area contributed by atoms with Crippen LogP contribution in [0.15, 0.2) is 0 Å². The summed E-state index contributed by atoms with van der Waals surface area (Å²) in [6.45, 7) is 2.05. The summed E-state index contributed by atoms with van der Waals surface area (Å²) in [5, 5.41) is 3.08. The summed E-state index contributed by atoms with van der Waals surface area (Å²) in [6, 6.07) is 0. The fourth-order valence-electron chi connectivity index (χ4n) is 0.804. The maximum Gasteiger partial charge on any atom is 0.617 e. The largest absolute Gasteiger partial charge is 0.617 e. The quantitative estimate of drug-likeness (QED) is 0.647. The van der Waals surface area contributed by atoms with Crippen molar-refractivity contribution in [2.24, 2.45) is 0 Å². The highest BCUT2D eigenvalue weighted by Crippen LogP contribution is 2.26. The third kappa shape index (κ3) is 3.13. The van der Waals surface area contributed by atoms with Gasteiger partial charge in [0, 0.05) is 20.6 Å². The summed E-state index contributed by atoms with van der Waals surface area (Å²) in [4.78, 5) is 0. The Morgan fingerprint density at radius 2 is 2.42 bits per heavy atom. The van der Waals surface area contributed by atoms with E-state index in [1.807, 2.05) is 0 Å². The molecule has 0 aliphatic carbocycles. The van der Waals surface area contributed by atoms with Gasteiger partial charge in [0.1, 0.15) is 0 Å². The van der Waals surface area contributed by atoms with Gasteiger partial charge in [0.05, 0.1) is 13.2 Å². The van der Waals surface area contributed by atoms with E-state index in [9.17, 15) is 4.57 Å². The van der Waals surface area contributed by atoms with Crippen LogP contribution in [0.1, 0.15) is 0 Å². The molecular formula is C6H14N2O3P+. The molecule has 0 aromatic rings. The van der Waals surface area contributed by atoms with Gasteiger partial charge in [-0.1, -0.05) is 9.19 Å². The molecule has 1 aliphatic rings. The van der Waals surface area contributed by atoms with Crippen LogP contribution in [-0.2, 0) is 13.8 Å². The van der Waals surface area contributed by atoms with Gasteiger partial charge in [0.2, 0.25) is 6.29 Å². The Morgan fingerprint density at radius 1 is 1.67 bits per heavy atom. The molecule has 12 heavy (non-hydrogen) atoms. The van der Waals surface area contributed by atoms with Crippen LogP contribution in [0.3, 0.4) is 0 Å². The Bertz CT molecular complexity index is 159. The molecular weight excluding hydrogens is 179 g/mol. The lowest BCUT2D eigenvalue weighted by Gasteiger charge is -2.18. The second-order valence-corrected chi connectivity index (χ2v) is 4.18. The highest BCUT2D eigenvalue weighted by atomic mass is 31.1.